The van der Waals surface area contributed by atoms with Gasteiger partial charge in [-0.15, -0.1) is 0 Å². The number of nitrogens with zero attached hydrogens (tertiary/aromatic N) is 3. The predicted octanol–water partition coefficient (Wildman–Crippen LogP) is 4.32. The lowest BCUT2D eigenvalue weighted by Crippen LogP contribution is -2.36. The summed E-state index contributed by atoms with van der Waals surface area (Å²) in [6.45, 7) is 9.85. The third-order valence-corrected chi connectivity index (χ3v) is 7.73. The Morgan fingerprint density at radius 1 is 0.944 bits per heavy atom. The van der Waals surface area contributed by atoms with E-state index in [0.29, 0.717) is 32.2 Å². The second-order valence-corrected chi connectivity index (χ2v) is 9.98. The highest BCUT2D eigenvalue weighted by molar-refractivity contribution is 5.98. The fraction of sp³-hybridized carbons (Fsp3) is 0.667. The first-order valence-electron chi connectivity index (χ1n) is 13.7. The molecule has 4 rings (SSSR count). The standard InChI is InChI=1S/C27H41N5O4/c1-4-31-23-16-21(22(30-14-8-7-9-15-30)17-24(23)32(5-2)27(31)35)29-26(34)28-18-19-10-12-20(13-11-19)25(33)36-6-3/h16-17,19-20H,4-15,18H2,1-3H3,(H2,28,29,34). The molecular formula is C27H41N5O4. The van der Waals surface area contributed by atoms with E-state index >= 15 is 0 Å². The summed E-state index contributed by atoms with van der Waals surface area (Å²) in [6, 6.07) is 3.80. The Hall–Kier alpha value is -2.97. The highest BCUT2D eigenvalue weighted by Crippen LogP contribution is 2.33. The van der Waals surface area contributed by atoms with Crippen LogP contribution in [0.3, 0.4) is 0 Å². The summed E-state index contributed by atoms with van der Waals surface area (Å²) in [5, 5.41) is 6.14. The van der Waals surface area contributed by atoms with Crippen LogP contribution in [0.4, 0.5) is 16.2 Å². The number of fused-ring (bicyclic) bond motifs is 1. The van der Waals surface area contributed by atoms with E-state index in [1.54, 1.807) is 4.57 Å². The number of carbonyl (C=O) groups excluding carboxylic acids is 2. The van der Waals surface area contributed by atoms with Crippen LogP contribution in [0.15, 0.2) is 16.9 Å². The third-order valence-electron chi connectivity index (χ3n) is 7.73. The van der Waals surface area contributed by atoms with Crippen LogP contribution >= 0.6 is 0 Å². The number of rotatable bonds is 8. The number of hydrogen-bond donors (Lipinski definition) is 2. The van der Waals surface area contributed by atoms with Gasteiger partial charge >= 0.3 is 17.7 Å². The first-order valence-corrected chi connectivity index (χ1v) is 13.7. The number of piperidine rings is 1. The quantitative estimate of drug-likeness (QED) is 0.527. The smallest absolute Gasteiger partial charge is 0.329 e. The summed E-state index contributed by atoms with van der Waals surface area (Å²) < 4.78 is 8.74. The van der Waals surface area contributed by atoms with Crippen molar-refractivity contribution in [3.8, 4) is 0 Å². The van der Waals surface area contributed by atoms with Gasteiger partial charge in [-0.3, -0.25) is 13.9 Å². The fourth-order valence-electron chi connectivity index (χ4n) is 5.72. The van der Waals surface area contributed by atoms with Gasteiger partial charge in [0.2, 0.25) is 0 Å². The molecule has 1 saturated heterocycles. The maximum absolute atomic E-state index is 13.0. The van der Waals surface area contributed by atoms with E-state index in [0.717, 1.165) is 74.0 Å². The van der Waals surface area contributed by atoms with E-state index in [2.05, 4.69) is 21.6 Å². The van der Waals surface area contributed by atoms with E-state index < -0.39 is 0 Å². The third kappa shape index (κ3) is 5.55. The Labute approximate surface area is 213 Å². The van der Waals surface area contributed by atoms with Crippen LogP contribution in [0.5, 0.6) is 0 Å². The molecule has 9 heteroatoms. The van der Waals surface area contributed by atoms with Gasteiger partial charge in [0.05, 0.1) is 34.9 Å². The number of carbonyl (C=O) groups is 2. The van der Waals surface area contributed by atoms with Gasteiger partial charge in [-0.2, -0.15) is 0 Å². The molecule has 0 radical (unpaired) electrons. The summed E-state index contributed by atoms with van der Waals surface area (Å²) in [5.74, 6) is 0.250. The average Bonchev–Trinajstić information content (AvgIpc) is 3.17. The molecular weight excluding hydrogens is 458 g/mol. The van der Waals surface area contributed by atoms with Crippen LogP contribution in [-0.4, -0.2) is 47.4 Å². The summed E-state index contributed by atoms with van der Waals surface area (Å²) in [5.41, 5.74) is 3.46. The Morgan fingerprint density at radius 3 is 2.19 bits per heavy atom. The molecule has 1 aromatic heterocycles. The van der Waals surface area contributed by atoms with Gasteiger partial charge in [0.1, 0.15) is 0 Å². The molecule has 2 aromatic rings. The van der Waals surface area contributed by atoms with Gasteiger partial charge in [0, 0.05) is 32.7 Å². The normalized spacial score (nSPS) is 20.4. The summed E-state index contributed by atoms with van der Waals surface area (Å²) in [6.07, 6.45) is 6.89. The lowest BCUT2D eigenvalue weighted by molar-refractivity contribution is -0.149. The van der Waals surface area contributed by atoms with Gasteiger partial charge in [-0.25, -0.2) is 9.59 Å². The Balaban J connectivity index is 1.48. The average molecular weight is 500 g/mol. The molecule has 2 N–H and O–H groups in total. The monoisotopic (exact) mass is 499 g/mol. The minimum atomic E-state index is -0.236. The van der Waals surface area contributed by atoms with Crippen LogP contribution in [0.25, 0.3) is 11.0 Å². The highest BCUT2D eigenvalue weighted by atomic mass is 16.5. The van der Waals surface area contributed by atoms with Gasteiger partial charge in [0.15, 0.2) is 0 Å². The molecule has 36 heavy (non-hydrogen) atoms. The van der Waals surface area contributed by atoms with Crippen LogP contribution < -0.4 is 21.2 Å². The molecule has 1 saturated carbocycles. The number of anilines is 2. The summed E-state index contributed by atoms with van der Waals surface area (Å²) in [7, 11) is 0. The Bertz CT molecular complexity index is 1120. The zero-order valence-corrected chi connectivity index (χ0v) is 22.0. The predicted molar refractivity (Wildman–Crippen MR) is 143 cm³/mol. The van der Waals surface area contributed by atoms with Crippen molar-refractivity contribution in [1.82, 2.24) is 14.5 Å². The van der Waals surface area contributed by atoms with Gasteiger partial charge < -0.3 is 20.3 Å². The molecule has 1 aromatic carbocycles. The lowest BCUT2D eigenvalue weighted by Gasteiger charge is -2.31. The van der Waals surface area contributed by atoms with Crippen LogP contribution in [0.1, 0.15) is 65.7 Å². The maximum Gasteiger partial charge on any atom is 0.329 e. The zero-order chi connectivity index (χ0) is 25.7. The number of aryl methyl sites for hydroxylation is 2. The number of amides is 2. The number of nitrogens with one attached hydrogen (secondary N) is 2. The van der Waals surface area contributed by atoms with E-state index in [9.17, 15) is 14.4 Å². The van der Waals surface area contributed by atoms with Crippen LogP contribution in [-0.2, 0) is 22.6 Å². The zero-order valence-electron chi connectivity index (χ0n) is 22.0. The number of urea groups is 1. The Kier molecular flexibility index (Phi) is 8.59. The minimum Gasteiger partial charge on any atom is -0.466 e. The molecule has 9 nitrogen and oxygen atoms in total. The van der Waals surface area contributed by atoms with Gasteiger partial charge in [0.25, 0.3) is 0 Å². The number of aromatic nitrogens is 2. The highest BCUT2D eigenvalue weighted by Gasteiger charge is 2.27. The van der Waals surface area contributed by atoms with Crippen molar-refractivity contribution in [2.24, 2.45) is 11.8 Å². The lowest BCUT2D eigenvalue weighted by atomic mass is 9.82. The fourth-order valence-corrected chi connectivity index (χ4v) is 5.72. The molecule has 2 heterocycles. The van der Waals surface area contributed by atoms with Gasteiger partial charge in [-0.1, -0.05) is 0 Å². The molecule has 0 unspecified atom stereocenters. The van der Waals surface area contributed by atoms with Crippen LogP contribution in [0, 0.1) is 11.8 Å². The largest absolute Gasteiger partial charge is 0.466 e. The SMILES string of the molecule is CCOC(=O)C1CCC(CNC(=O)Nc2cc3c(cc2N2CCCCC2)n(CC)c(=O)n3CC)CC1. The molecule has 1 aliphatic heterocycles. The molecule has 0 bridgehead atoms. The second-order valence-electron chi connectivity index (χ2n) is 9.98. The van der Waals surface area contributed by atoms with Crippen molar-refractivity contribution in [2.75, 3.05) is 36.5 Å². The molecule has 198 valence electrons. The van der Waals surface area contributed by atoms with Gasteiger partial charge in [-0.05, 0) is 83.8 Å². The second kappa shape index (κ2) is 11.8. The van der Waals surface area contributed by atoms with Crippen molar-refractivity contribution in [3.05, 3.63) is 22.6 Å². The van der Waals surface area contributed by atoms with Crippen molar-refractivity contribution in [1.29, 1.82) is 0 Å². The van der Waals surface area contributed by atoms with Crippen molar-refractivity contribution in [2.45, 2.75) is 78.8 Å². The number of ether oxygens (including phenoxy) is 1. The molecule has 0 atom stereocenters. The summed E-state index contributed by atoms with van der Waals surface area (Å²) in [4.78, 5) is 40.2. The molecule has 1 aliphatic carbocycles. The number of imidazole rings is 1. The first-order chi connectivity index (χ1) is 17.5. The van der Waals surface area contributed by atoms with Crippen LogP contribution in [0.2, 0.25) is 0 Å². The molecule has 0 spiro atoms. The summed E-state index contributed by atoms with van der Waals surface area (Å²) >= 11 is 0. The van der Waals surface area contributed by atoms with Crippen molar-refractivity contribution in [3.63, 3.8) is 0 Å². The number of hydrogen-bond acceptors (Lipinski definition) is 5. The van der Waals surface area contributed by atoms with E-state index in [4.69, 9.17) is 4.74 Å². The van der Waals surface area contributed by atoms with Crippen molar-refractivity contribution >= 4 is 34.4 Å². The minimum absolute atomic E-state index is 0.0135. The molecule has 2 fully saturated rings. The van der Waals surface area contributed by atoms with E-state index in [1.165, 1.54) is 6.42 Å². The number of esters is 1. The topological polar surface area (TPSA) is 97.6 Å². The van der Waals surface area contributed by atoms with E-state index in [1.807, 2.05) is 31.4 Å². The Morgan fingerprint density at radius 2 is 1.58 bits per heavy atom. The number of benzene rings is 1. The maximum atomic E-state index is 13.0. The molecule has 2 amide bonds. The van der Waals surface area contributed by atoms with E-state index in [-0.39, 0.29) is 23.6 Å². The molecule has 2 aliphatic rings. The first kappa shape index (κ1) is 26.1. The van der Waals surface area contributed by atoms with Crippen molar-refractivity contribution < 1.29 is 14.3 Å².